The van der Waals surface area contributed by atoms with Crippen LogP contribution in [0.1, 0.15) is 18.2 Å². The van der Waals surface area contributed by atoms with E-state index in [2.05, 4.69) is 15.3 Å². The van der Waals surface area contributed by atoms with Crippen LogP contribution in [-0.4, -0.2) is 30.7 Å². The smallest absolute Gasteiger partial charge is 0.189 e. The molecular weight excluding hydrogens is 431 g/mol. The van der Waals surface area contributed by atoms with E-state index in [0.29, 0.717) is 25.7 Å². The number of halogens is 1. The quantitative estimate of drug-likeness (QED) is 0.363. The molecule has 0 amide bonds. The molecule has 1 aromatic carbocycles. The second-order valence-electron chi connectivity index (χ2n) is 5.46. The summed E-state index contributed by atoms with van der Waals surface area (Å²) in [6.45, 7) is 3.48. The summed E-state index contributed by atoms with van der Waals surface area (Å²) in [7, 11) is 1.65. The van der Waals surface area contributed by atoms with Crippen LogP contribution >= 0.6 is 24.0 Å². The van der Waals surface area contributed by atoms with Crippen LogP contribution in [0.5, 0.6) is 5.75 Å². The molecule has 2 aromatic rings. The summed E-state index contributed by atoms with van der Waals surface area (Å²) in [6.07, 6.45) is 1.75. The summed E-state index contributed by atoms with van der Waals surface area (Å²) in [6, 6.07) is 13.7. The fourth-order valence-electron chi connectivity index (χ4n) is 2.14. The molecule has 1 aromatic heterocycles. The van der Waals surface area contributed by atoms with Crippen molar-refractivity contribution < 1.29 is 9.47 Å². The molecule has 2 rings (SSSR count). The Hall–Kier alpha value is -1.87. The number of nitrogens with two attached hydrogens (primary N) is 1. The Bertz CT molecular complexity index is 653. The maximum atomic E-state index is 5.87. The summed E-state index contributed by atoms with van der Waals surface area (Å²) >= 11 is 0. The van der Waals surface area contributed by atoms with Crippen LogP contribution in [0.15, 0.2) is 53.7 Å². The van der Waals surface area contributed by atoms with Crippen LogP contribution in [0.2, 0.25) is 0 Å². The van der Waals surface area contributed by atoms with Crippen molar-refractivity contribution in [2.75, 3.05) is 13.7 Å². The molecule has 0 fully saturated rings. The van der Waals surface area contributed by atoms with Crippen LogP contribution in [-0.2, 0) is 17.9 Å². The van der Waals surface area contributed by atoms with Crippen molar-refractivity contribution in [3.8, 4) is 5.75 Å². The lowest BCUT2D eigenvalue weighted by Crippen LogP contribution is -2.40. The number of rotatable bonds is 8. The van der Waals surface area contributed by atoms with E-state index < -0.39 is 0 Å². The molecule has 7 heteroatoms. The number of aliphatic imine (C=N–C) groups is 1. The second-order valence-corrected chi connectivity index (χ2v) is 5.46. The zero-order valence-corrected chi connectivity index (χ0v) is 16.8. The van der Waals surface area contributed by atoms with Crippen molar-refractivity contribution in [3.63, 3.8) is 0 Å². The number of nitrogens with one attached hydrogen (secondary N) is 1. The van der Waals surface area contributed by atoms with Gasteiger partial charge in [-0.05, 0) is 36.8 Å². The maximum Gasteiger partial charge on any atom is 0.189 e. The molecule has 1 heterocycles. The van der Waals surface area contributed by atoms with Crippen molar-refractivity contribution in [2.24, 2.45) is 10.7 Å². The predicted octanol–water partition coefficient (Wildman–Crippen LogP) is 2.72. The molecule has 6 nitrogen and oxygen atoms in total. The highest BCUT2D eigenvalue weighted by Gasteiger charge is 2.02. The average molecular weight is 456 g/mol. The van der Waals surface area contributed by atoms with Crippen LogP contribution in [0, 0.1) is 0 Å². The maximum absolute atomic E-state index is 5.87. The first kappa shape index (κ1) is 21.2. The van der Waals surface area contributed by atoms with Gasteiger partial charge in [0.2, 0.25) is 0 Å². The van der Waals surface area contributed by atoms with Gasteiger partial charge < -0.3 is 20.5 Å². The van der Waals surface area contributed by atoms with Gasteiger partial charge in [-0.2, -0.15) is 0 Å². The minimum Gasteiger partial charge on any atom is -0.487 e. The molecule has 0 saturated heterocycles. The second kappa shape index (κ2) is 11.6. The van der Waals surface area contributed by atoms with E-state index in [1.807, 2.05) is 49.4 Å². The summed E-state index contributed by atoms with van der Waals surface area (Å²) in [5.41, 5.74) is 7.79. The summed E-state index contributed by atoms with van der Waals surface area (Å²) in [4.78, 5) is 8.57. The standard InChI is InChI=1S/C18H24N4O2.HI/c1-14(12-23-2)22-18(19)21-11-15-6-5-8-17(10-15)24-13-16-7-3-4-9-20-16;/h3-10,14H,11-13H2,1-2H3,(H3,19,21,22);1H. The van der Waals surface area contributed by atoms with Crippen molar-refractivity contribution in [1.82, 2.24) is 10.3 Å². The van der Waals surface area contributed by atoms with E-state index in [4.69, 9.17) is 15.2 Å². The van der Waals surface area contributed by atoms with E-state index in [-0.39, 0.29) is 30.0 Å². The molecule has 136 valence electrons. The van der Waals surface area contributed by atoms with Crippen molar-refractivity contribution >= 4 is 29.9 Å². The molecule has 0 bridgehead atoms. The molecule has 1 atom stereocenters. The number of guanidine groups is 1. The van der Waals surface area contributed by atoms with Crippen LogP contribution < -0.4 is 15.8 Å². The number of aromatic nitrogens is 1. The van der Waals surface area contributed by atoms with Crippen LogP contribution in [0.4, 0.5) is 0 Å². The zero-order valence-electron chi connectivity index (χ0n) is 14.5. The van der Waals surface area contributed by atoms with E-state index in [9.17, 15) is 0 Å². The van der Waals surface area contributed by atoms with Gasteiger partial charge in [0.25, 0.3) is 0 Å². The number of methoxy groups -OCH3 is 1. The number of hydrogen-bond donors (Lipinski definition) is 2. The number of pyridine rings is 1. The van der Waals surface area contributed by atoms with E-state index >= 15 is 0 Å². The Labute approximate surface area is 165 Å². The first-order valence-corrected chi connectivity index (χ1v) is 7.84. The van der Waals surface area contributed by atoms with E-state index in [1.165, 1.54) is 0 Å². The van der Waals surface area contributed by atoms with Crippen LogP contribution in [0.3, 0.4) is 0 Å². The SMILES string of the molecule is COCC(C)NC(N)=NCc1cccc(OCc2ccccn2)c1.I. The molecule has 0 radical (unpaired) electrons. The summed E-state index contributed by atoms with van der Waals surface area (Å²) < 4.78 is 10.8. The third kappa shape index (κ3) is 8.17. The lowest BCUT2D eigenvalue weighted by atomic mass is 10.2. The molecule has 0 aliphatic heterocycles. The van der Waals surface area contributed by atoms with Crippen molar-refractivity contribution in [3.05, 3.63) is 59.9 Å². The third-order valence-electron chi connectivity index (χ3n) is 3.25. The average Bonchev–Trinajstić information content (AvgIpc) is 2.60. The lowest BCUT2D eigenvalue weighted by Gasteiger charge is -2.13. The Morgan fingerprint density at radius 2 is 2.12 bits per heavy atom. The Morgan fingerprint density at radius 1 is 1.28 bits per heavy atom. The molecule has 0 aliphatic rings. The van der Waals surface area contributed by atoms with Gasteiger partial charge in [-0.3, -0.25) is 4.98 Å². The predicted molar refractivity (Wildman–Crippen MR) is 110 cm³/mol. The van der Waals surface area contributed by atoms with Gasteiger partial charge in [0.15, 0.2) is 5.96 Å². The molecule has 0 spiro atoms. The molecule has 25 heavy (non-hydrogen) atoms. The van der Waals surface area contributed by atoms with Gasteiger partial charge >= 0.3 is 0 Å². The number of nitrogens with zero attached hydrogens (tertiary/aromatic N) is 2. The fraction of sp³-hybridized carbons (Fsp3) is 0.333. The van der Waals surface area contributed by atoms with Crippen molar-refractivity contribution in [1.29, 1.82) is 0 Å². The fourth-order valence-corrected chi connectivity index (χ4v) is 2.14. The molecule has 3 N–H and O–H groups in total. The Kier molecular flexibility index (Phi) is 9.86. The normalized spacial score (nSPS) is 12.2. The van der Waals surface area contributed by atoms with Crippen LogP contribution in [0.25, 0.3) is 0 Å². The van der Waals surface area contributed by atoms with Gasteiger partial charge in [-0.25, -0.2) is 4.99 Å². The Balaban J connectivity index is 0.00000312. The molecule has 0 aliphatic carbocycles. The summed E-state index contributed by atoms with van der Waals surface area (Å²) in [5, 5.41) is 3.08. The third-order valence-corrected chi connectivity index (χ3v) is 3.25. The number of hydrogen-bond acceptors (Lipinski definition) is 4. The molecular formula is C18H25IN4O2. The van der Waals surface area contributed by atoms with E-state index in [1.54, 1.807) is 13.3 Å². The van der Waals surface area contributed by atoms with Crippen molar-refractivity contribution in [2.45, 2.75) is 26.1 Å². The minimum absolute atomic E-state index is 0. The van der Waals surface area contributed by atoms with Gasteiger partial charge in [0, 0.05) is 19.3 Å². The topological polar surface area (TPSA) is 81.8 Å². The number of ether oxygens (including phenoxy) is 2. The highest BCUT2D eigenvalue weighted by molar-refractivity contribution is 14.0. The number of benzene rings is 1. The van der Waals surface area contributed by atoms with Gasteiger partial charge in [0.05, 0.1) is 18.8 Å². The summed E-state index contributed by atoms with van der Waals surface area (Å²) in [5.74, 6) is 1.19. The van der Waals surface area contributed by atoms with Gasteiger partial charge in [-0.15, -0.1) is 24.0 Å². The van der Waals surface area contributed by atoms with Gasteiger partial charge in [0.1, 0.15) is 12.4 Å². The first-order chi connectivity index (χ1) is 11.7. The minimum atomic E-state index is 0. The molecule has 1 unspecified atom stereocenters. The van der Waals surface area contributed by atoms with E-state index in [0.717, 1.165) is 17.0 Å². The van der Waals surface area contributed by atoms with Gasteiger partial charge in [-0.1, -0.05) is 18.2 Å². The lowest BCUT2D eigenvalue weighted by molar-refractivity contribution is 0.179. The molecule has 0 saturated carbocycles. The monoisotopic (exact) mass is 456 g/mol. The largest absolute Gasteiger partial charge is 0.487 e. The zero-order chi connectivity index (χ0) is 17.2. The highest BCUT2D eigenvalue weighted by Crippen LogP contribution is 2.15. The first-order valence-electron chi connectivity index (χ1n) is 7.84. The highest BCUT2D eigenvalue weighted by atomic mass is 127. The Morgan fingerprint density at radius 3 is 2.84 bits per heavy atom.